The topological polar surface area (TPSA) is 91.7 Å². The number of carbonyl (C=O) groups excluding carboxylic acids is 2. The summed E-state index contributed by atoms with van der Waals surface area (Å²) in [5, 5.41) is 2.85. The molecule has 2 aromatic heterocycles. The van der Waals surface area contributed by atoms with Crippen molar-refractivity contribution in [2.24, 2.45) is 0 Å². The number of rotatable bonds is 6. The van der Waals surface area contributed by atoms with Crippen molar-refractivity contribution in [1.82, 2.24) is 14.9 Å². The van der Waals surface area contributed by atoms with Crippen molar-refractivity contribution >= 4 is 11.9 Å². The molecule has 1 amide bonds. The van der Waals surface area contributed by atoms with Crippen LogP contribution in [-0.4, -0.2) is 41.5 Å². The maximum atomic E-state index is 14.6. The number of benzene rings is 1. The molecule has 1 aliphatic heterocycles. The van der Waals surface area contributed by atoms with Gasteiger partial charge < -0.3 is 24.1 Å². The predicted octanol–water partition coefficient (Wildman–Crippen LogP) is 3.55. The molecule has 0 fully saturated rings. The molecule has 1 aliphatic rings. The summed E-state index contributed by atoms with van der Waals surface area (Å²) >= 11 is 0. The molecule has 1 atom stereocenters. The molecule has 3 aromatic rings. The Labute approximate surface area is 196 Å². The Bertz CT molecular complexity index is 1260. The number of fused-ring (bicyclic) bond motifs is 1. The normalized spacial score (nSPS) is 17.2. The van der Waals surface area contributed by atoms with Gasteiger partial charge in [-0.15, -0.1) is 13.2 Å². The number of esters is 1. The molecule has 0 radical (unpaired) electrons. The number of alkyl halides is 3. The summed E-state index contributed by atoms with van der Waals surface area (Å²) in [5.41, 5.74) is -0.729. The van der Waals surface area contributed by atoms with Crippen LogP contribution < -0.4 is 14.8 Å². The van der Waals surface area contributed by atoms with Crippen LogP contribution in [0.5, 0.6) is 11.5 Å². The highest BCUT2D eigenvalue weighted by Crippen LogP contribution is 2.41. The number of nitrogens with one attached hydrogen (secondary N) is 1. The van der Waals surface area contributed by atoms with Gasteiger partial charge in [0.2, 0.25) is 5.91 Å². The Morgan fingerprint density at radius 3 is 2.77 bits per heavy atom. The largest absolute Gasteiger partial charge is 0.573 e. The first-order valence-corrected chi connectivity index (χ1v) is 10.3. The number of nitrogens with zero attached hydrogens (tertiary/aromatic N) is 2. The van der Waals surface area contributed by atoms with Crippen LogP contribution in [0.3, 0.4) is 0 Å². The van der Waals surface area contributed by atoms with E-state index in [0.29, 0.717) is 5.75 Å². The smallest absolute Gasteiger partial charge is 0.491 e. The number of carbonyl (C=O) groups is 2. The quantitative estimate of drug-likeness (QED) is 0.417. The number of pyridine rings is 1. The van der Waals surface area contributed by atoms with Crippen molar-refractivity contribution < 1.29 is 41.4 Å². The van der Waals surface area contributed by atoms with Crippen molar-refractivity contribution in [1.29, 1.82) is 0 Å². The van der Waals surface area contributed by atoms with Gasteiger partial charge in [-0.2, -0.15) is 0 Å². The maximum absolute atomic E-state index is 14.6. The van der Waals surface area contributed by atoms with E-state index < -0.39 is 35.3 Å². The Balaban J connectivity index is 1.69. The highest BCUT2D eigenvalue weighted by atomic mass is 19.4. The highest BCUT2D eigenvalue weighted by molar-refractivity contribution is 5.89. The van der Waals surface area contributed by atoms with Gasteiger partial charge in [-0.25, -0.2) is 9.18 Å². The Kier molecular flexibility index (Phi) is 6.37. The molecule has 0 bridgehead atoms. The molecule has 184 valence electrons. The van der Waals surface area contributed by atoms with Crippen molar-refractivity contribution in [3.8, 4) is 11.5 Å². The monoisotopic (exact) mass is 493 g/mol. The average molecular weight is 493 g/mol. The molecule has 1 unspecified atom stereocenters. The Morgan fingerprint density at radius 1 is 1.26 bits per heavy atom. The third-order valence-electron chi connectivity index (χ3n) is 5.41. The van der Waals surface area contributed by atoms with E-state index in [9.17, 15) is 27.2 Å². The molecule has 1 aromatic carbocycles. The van der Waals surface area contributed by atoms with Crippen LogP contribution in [0.2, 0.25) is 0 Å². The van der Waals surface area contributed by atoms with Gasteiger partial charge in [0.25, 0.3) is 0 Å². The fourth-order valence-electron chi connectivity index (χ4n) is 3.93. The standard InChI is InChI=1S/C23H19F4N3O5/c1-33-21(32)14-6-9-30(12-14)13-19(31)29-22(7-10-34-18-3-2-8-28-20(18)22)15-4-5-17(16(24)11-15)35-23(25,26)27/h2-6,8-9,11-12H,7,10,13H2,1H3,(H,29,31). The third kappa shape index (κ3) is 5.05. The average Bonchev–Trinajstić information content (AvgIpc) is 3.27. The van der Waals surface area contributed by atoms with Crippen LogP contribution >= 0.6 is 0 Å². The molecule has 0 saturated heterocycles. The van der Waals surface area contributed by atoms with Crippen molar-refractivity contribution in [3.63, 3.8) is 0 Å². The summed E-state index contributed by atoms with van der Waals surface area (Å²) in [4.78, 5) is 29.1. The minimum atomic E-state index is -5.07. The maximum Gasteiger partial charge on any atom is 0.573 e. The van der Waals surface area contributed by atoms with E-state index in [1.165, 1.54) is 42.4 Å². The summed E-state index contributed by atoms with van der Waals surface area (Å²) in [7, 11) is 1.23. The summed E-state index contributed by atoms with van der Waals surface area (Å²) in [6.45, 7) is -0.0864. The molecule has 35 heavy (non-hydrogen) atoms. The zero-order valence-electron chi connectivity index (χ0n) is 18.3. The van der Waals surface area contributed by atoms with E-state index in [1.807, 2.05) is 0 Å². The van der Waals surface area contributed by atoms with Gasteiger partial charge in [0.1, 0.15) is 23.5 Å². The lowest BCUT2D eigenvalue weighted by Crippen LogP contribution is -2.51. The number of aromatic nitrogens is 2. The molecule has 1 N–H and O–H groups in total. The van der Waals surface area contributed by atoms with Gasteiger partial charge >= 0.3 is 12.3 Å². The van der Waals surface area contributed by atoms with Gasteiger partial charge in [-0.1, -0.05) is 6.07 Å². The first-order chi connectivity index (χ1) is 16.6. The molecule has 12 heteroatoms. The predicted molar refractivity (Wildman–Crippen MR) is 112 cm³/mol. The summed E-state index contributed by atoms with van der Waals surface area (Å²) in [6, 6.07) is 7.67. The second kappa shape index (κ2) is 9.28. The van der Waals surface area contributed by atoms with Crippen molar-refractivity contribution in [3.05, 3.63) is 77.6 Å². The van der Waals surface area contributed by atoms with Gasteiger partial charge in [0.15, 0.2) is 11.6 Å². The third-order valence-corrected chi connectivity index (χ3v) is 5.41. The first kappa shape index (κ1) is 24.0. The van der Waals surface area contributed by atoms with E-state index >= 15 is 0 Å². The zero-order chi connectivity index (χ0) is 25.2. The van der Waals surface area contributed by atoms with E-state index in [-0.39, 0.29) is 36.4 Å². The van der Waals surface area contributed by atoms with Crippen LogP contribution in [-0.2, 0) is 21.6 Å². The molecule has 3 heterocycles. The second-order valence-electron chi connectivity index (χ2n) is 7.66. The van der Waals surface area contributed by atoms with E-state index in [0.717, 1.165) is 12.1 Å². The summed E-state index contributed by atoms with van der Waals surface area (Å²) in [5.74, 6) is -3.01. The second-order valence-corrected chi connectivity index (χ2v) is 7.66. The van der Waals surface area contributed by atoms with Crippen LogP contribution in [0.1, 0.15) is 28.0 Å². The van der Waals surface area contributed by atoms with Crippen molar-refractivity contribution in [2.45, 2.75) is 24.9 Å². The fraction of sp³-hybridized carbons (Fsp3) is 0.261. The van der Waals surface area contributed by atoms with E-state index in [2.05, 4.69) is 19.8 Å². The van der Waals surface area contributed by atoms with Gasteiger partial charge in [-0.3, -0.25) is 9.78 Å². The minimum Gasteiger partial charge on any atom is -0.491 e. The minimum absolute atomic E-state index is 0.122. The van der Waals surface area contributed by atoms with Gasteiger partial charge in [-0.05, 0) is 35.9 Å². The number of halogens is 4. The van der Waals surface area contributed by atoms with Gasteiger partial charge in [0.05, 0.1) is 19.3 Å². The first-order valence-electron chi connectivity index (χ1n) is 10.3. The zero-order valence-corrected chi connectivity index (χ0v) is 18.3. The lowest BCUT2D eigenvalue weighted by atomic mass is 9.81. The van der Waals surface area contributed by atoms with Crippen LogP contribution in [0.4, 0.5) is 17.6 Å². The van der Waals surface area contributed by atoms with E-state index in [1.54, 1.807) is 12.1 Å². The SMILES string of the molecule is COC(=O)c1ccn(CC(=O)NC2(c3ccc(OC(F)(F)F)c(F)c3)CCOc3cccnc32)c1. The van der Waals surface area contributed by atoms with Crippen LogP contribution in [0, 0.1) is 5.82 Å². The number of hydrogen-bond donors (Lipinski definition) is 1. The van der Waals surface area contributed by atoms with Crippen LogP contribution in [0.25, 0.3) is 0 Å². The number of methoxy groups -OCH3 is 1. The molecule has 0 spiro atoms. The lowest BCUT2D eigenvalue weighted by Gasteiger charge is -2.39. The van der Waals surface area contributed by atoms with Gasteiger partial charge in [0, 0.05) is 25.0 Å². The fourth-order valence-corrected chi connectivity index (χ4v) is 3.93. The highest BCUT2D eigenvalue weighted by Gasteiger charge is 2.43. The Morgan fingerprint density at radius 2 is 2.06 bits per heavy atom. The molecule has 8 nitrogen and oxygen atoms in total. The Hall–Kier alpha value is -4.09. The number of ether oxygens (including phenoxy) is 3. The van der Waals surface area contributed by atoms with Crippen molar-refractivity contribution in [2.75, 3.05) is 13.7 Å². The molecular formula is C23H19F4N3O5. The molecule has 0 aliphatic carbocycles. The summed E-state index contributed by atoms with van der Waals surface area (Å²) in [6.07, 6.45) is -0.545. The summed E-state index contributed by atoms with van der Waals surface area (Å²) < 4.78 is 67.9. The number of hydrogen-bond acceptors (Lipinski definition) is 6. The lowest BCUT2D eigenvalue weighted by molar-refractivity contribution is -0.275. The van der Waals surface area contributed by atoms with E-state index in [4.69, 9.17) is 4.74 Å². The molecule has 4 rings (SSSR count). The molecule has 0 saturated carbocycles. The number of amides is 1. The van der Waals surface area contributed by atoms with Crippen LogP contribution in [0.15, 0.2) is 55.0 Å². The molecular weight excluding hydrogens is 474 g/mol.